The van der Waals surface area contributed by atoms with Crippen LogP contribution in [0.2, 0.25) is 0 Å². The van der Waals surface area contributed by atoms with Gasteiger partial charge in [-0.05, 0) is 6.42 Å². The van der Waals surface area contributed by atoms with Gasteiger partial charge in [-0.15, -0.1) is 22.9 Å². The molecule has 1 aromatic rings. The number of rotatable bonds is 10. The van der Waals surface area contributed by atoms with Crippen molar-refractivity contribution in [3.63, 3.8) is 0 Å². The Labute approximate surface area is 190 Å². The van der Waals surface area contributed by atoms with Gasteiger partial charge in [-0.2, -0.15) is 12.7 Å². The highest BCUT2D eigenvalue weighted by Gasteiger charge is 2.58. The molecule has 32 heavy (non-hydrogen) atoms. The van der Waals surface area contributed by atoms with Crippen LogP contribution in [0.3, 0.4) is 0 Å². The van der Waals surface area contributed by atoms with Crippen LogP contribution < -0.4 is 10.6 Å². The number of carbonyl (C=O) groups excluding carboxylic acids is 4. The van der Waals surface area contributed by atoms with Crippen molar-refractivity contribution in [3.05, 3.63) is 11.1 Å². The van der Waals surface area contributed by atoms with Crippen LogP contribution in [0.25, 0.3) is 0 Å². The van der Waals surface area contributed by atoms with E-state index in [0.29, 0.717) is 6.42 Å². The zero-order chi connectivity index (χ0) is 24.1. The van der Waals surface area contributed by atoms with Crippen molar-refractivity contribution in [2.24, 2.45) is 5.16 Å². The second-order valence-corrected chi connectivity index (χ2v) is 8.44. The van der Waals surface area contributed by atoms with Gasteiger partial charge in [0.15, 0.2) is 16.9 Å². The van der Waals surface area contributed by atoms with Gasteiger partial charge in [0.25, 0.3) is 11.8 Å². The Kier molecular flexibility index (Phi) is 8.48. The molecule has 1 fully saturated rings. The van der Waals surface area contributed by atoms with E-state index in [0.717, 1.165) is 18.4 Å². The summed E-state index contributed by atoms with van der Waals surface area (Å²) in [5.41, 5.74) is -0.454. The maximum atomic E-state index is 12.8. The van der Waals surface area contributed by atoms with E-state index in [1.165, 1.54) is 5.38 Å². The van der Waals surface area contributed by atoms with Crippen molar-refractivity contribution >= 4 is 67.8 Å². The van der Waals surface area contributed by atoms with Crippen molar-refractivity contribution in [2.45, 2.75) is 25.4 Å². The highest BCUT2D eigenvalue weighted by atomic mass is 35.5. The van der Waals surface area contributed by atoms with E-state index in [1.54, 1.807) is 6.92 Å². The summed E-state index contributed by atoms with van der Waals surface area (Å²) in [6.07, 6.45) is 0.557. The lowest BCUT2D eigenvalue weighted by Gasteiger charge is -2.41. The second kappa shape index (κ2) is 10.7. The van der Waals surface area contributed by atoms with Crippen molar-refractivity contribution in [1.29, 1.82) is 0 Å². The van der Waals surface area contributed by atoms with Gasteiger partial charge in [0.2, 0.25) is 5.91 Å². The number of anilines is 1. The van der Waals surface area contributed by atoms with Crippen molar-refractivity contribution < 1.29 is 41.7 Å². The molecule has 0 aromatic carbocycles. The molecule has 2 rings (SSSR count). The average Bonchev–Trinajstić information content (AvgIpc) is 3.19. The summed E-state index contributed by atoms with van der Waals surface area (Å²) in [5.74, 6) is -4.35. The monoisotopic (exact) mass is 511 g/mol. The summed E-state index contributed by atoms with van der Waals surface area (Å²) >= 11 is 6.37. The van der Waals surface area contributed by atoms with Gasteiger partial charge in [-0.1, -0.05) is 12.1 Å². The van der Waals surface area contributed by atoms with Crippen molar-refractivity contribution in [2.75, 3.05) is 24.9 Å². The number of hydrogen-bond acceptors (Lipinski definition) is 11. The number of ether oxygens (including phenoxy) is 1. The van der Waals surface area contributed by atoms with Gasteiger partial charge in [0.1, 0.15) is 24.2 Å². The molecule has 17 heteroatoms. The number of hydrogen-bond donors (Lipinski definition) is 3. The summed E-state index contributed by atoms with van der Waals surface area (Å²) in [5, 5.41) is 9.71. The lowest BCUT2D eigenvalue weighted by Crippen LogP contribution is -2.74. The summed E-state index contributed by atoms with van der Waals surface area (Å²) in [6, 6.07) is -3.49. The quantitative estimate of drug-likeness (QED) is 0.0675. The maximum Gasteiger partial charge on any atom is 0.363 e. The number of aromatic nitrogens is 1. The molecule has 0 unspecified atom stereocenters. The number of alkyl halides is 1. The van der Waals surface area contributed by atoms with Crippen LogP contribution in [0, 0.1) is 0 Å². The number of methoxy groups -OCH3 is 1. The number of oxime groups is 1. The van der Waals surface area contributed by atoms with Gasteiger partial charge >= 0.3 is 16.3 Å². The first-order valence-corrected chi connectivity index (χ1v) is 11.6. The number of esters is 1. The molecule has 2 heterocycles. The fraction of sp³-hybridized carbons (Fsp3) is 0.467. The van der Waals surface area contributed by atoms with Crippen LogP contribution in [-0.2, 0) is 39.1 Å². The molecule has 1 aliphatic heterocycles. The van der Waals surface area contributed by atoms with Crippen LogP contribution >= 0.6 is 22.9 Å². The number of amides is 3. The van der Waals surface area contributed by atoms with Crippen LogP contribution in [0.4, 0.5) is 5.13 Å². The topological polar surface area (TPSA) is 194 Å². The highest BCUT2D eigenvalue weighted by molar-refractivity contribution is 7.84. The van der Waals surface area contributed by atoms with Crippen LogP contribution in [0.15, 0.2) is 10.5 Å². The molecule has 1 aliphatic rings. The normalized spacial score (nSPS) is 18.6. The molecule has 3 N–H and O–H groups in total. The zero-order valence-corrected chi connectivity index (χ0v) is 19.0. The maximum absolute atomic E-state index is 12.8. The van der Waals surface area contributed by atoms with E-state index in [4.69, 9.17) is 21.0 Å². The summed E-state index contributed by atoms with van der Waals surface area (Å²) < 4.78 is 36.2. The summed E-state index contributed by atoms with van der Waals surface area (Å²) in [4.78, 5) is 57.3. The fourth-order valence-electron chi connectivity index (χ4n) is 2.42. The third-order valence-electron chi connectivity index (χ3n) is 3.81. The number of halogens is 1. The first-order valence-electron chi connectivity index (χ1n) is 8.76. The van der Waals surface area contributed by atoms with E-state index in [9.17, 15) is 27.6 Å². The van der Waals surface area contributed by atoms with E-state index in [1.807, 2.05) is 0 Å². The molecule has 0 bridgehead atoms. The standard InChI is InChI=1S/C15H18ClN5O9S2/c1-3-4-30-20-9(7-6-31-15(17-7)18-8(22)5-16)12(23)19-10-11(14(25)29-2)21(13(10)24)32(26,27)28/h6,10-11H,3-5H2,1-2H3,(H,19,23)(H,17,18,22)(H,26,27,28)/b20-9-/t10-,11-/m1/s1. The van der Waals surface area contributed by atoms with E-state index < -0.39 is 51.8 Å². The number of β-lactam (4-membered cyclic amide) rings is 1. The zero-order valence-electron chi connectivity index (χ0n) is 16.6. The largest absolute Gasteiger partial charge is 0.467 e. The molecule has 0 radical (unpaired) electrons. The van der Waals surface area contributed by atoms with Gasteiger partial charge in [-0.25, -0.2) is 9.78 Å². The third kappa shape index (κ3) is 5.70. The molecule has 1 saturated heterocycles. The summed E-state index contributed by atoms with van der Waals surface area (Å²) in [6.45, 7) is 1.93. The minimum absolute atomic E-state index is 0.0403. The van der Waals surface area contributed by atoms with Gasteiger partial charge in [0.05, 0.1) is 7.11 Å². The predicted octanol–water partition coefficient (Wildman–Crippen LogP) is -0.877. The smallest absolute Gasteiger partial charge is 0.363 e. The van der Waals surface area contributed by atoms with Gasteiger partial charge in [-0.3, -0.25) is 18.9 Å². The number of carbonyl (C=O) groups is 4. The Morgan fingerprint density at radius 3 is 2.66 bits per heavy atom. The lowest BCUT2D eigenvalue weighted by atomic mass is 9.98. The summed E-state index contributed by atoms with van der Waals surface area (Å²) in [7, 11) is -4.14. The molecular weight excluding hydrogens is 494 g/mol. The third-order valence-corrected chi connectivity index (χ3v) is 5.72. The first kappa shape index (κ1) is 25.4. The molecule has 0 saturated carbocycles. The molecule has 1 aromatic heterocycles. The van der Waals surface area contributed by atoms with Crippen LogP contribution in [-0.4, -0.2) is 83.3 Å². The van der Waals surface area contributed by atoms with E-state index >= 15 is 0 Å². The Bertz CT molecular complexity index is 1040. The molecule has 176 valence electrons. The molecule has 3 amide bonds. The molecule has 2 atom stereocenters. The number of nitrogens with zero attached hydrogens (tertiary/aromatic N) is 3. The lowest BCUT2D eigenvalue weighted by molar-refractivity contribution is -0.162. The predicted molar refractivity (Wildman–Crippen MR) is 110 cm³/mol. The van der Waals surface area contributed by atoms with Crippen LogP contribution in [0.5, 0.6) is 0 Å². The van der Waals surface area contributed by atoms with E-state index in [-0.39, 0.29) is 27.6 Å². The van der Waals surface area contributed by atoms with Gasteiger partial charge < -0.3 is 20.2 Å². The van der Waals surface area contributed by atoms with Gasteiger partial charge in [0, 0.05) is 5.38 Å². The Morgan fingerprint density at radius 1 is 1.41 bits per heavy atom. The Hall–Kier alpha value is -2.82. The first-order chi connectivity index (χ1) is 15.0. The Morgan fingerprint density at radius 2 is 2.09 bits per heavy atom. The average molecular weight is 512 g/mol. The molecule has 0 spiro atoms. The minimum Gasteiger partial charge on any atom is -0.467 e. The van der Waals surface area contributed by atoms with Crippen molar-refractivity contribution in [3.8, 4) is 0 Å². The van der Waals surface area contributed by atoms with Crippen LogP contribution in [0.1, 0.15) is 19.0 Å². The highest BCUT2D eigenvalue weighted by Crippen LogP contribution is 2.25. The SMILES string of the molecule is CCCO/N=C(\C(=O)N[C@H]1C(=O)N(S(=O)(=O)O)[C@H]1C(=O)OC)c1csc(NC(=O)CCl)n1. The molecular formula is C15H18ClN5O9S2. The molecule has 0 aliphatic carbocycles. The number of thiazole rings is 1. The molecule has 14 nitrogen and oxygen atoms in total. The van der Waals surface area contributed by atoms with E-state index in [2.05, 4.69) is 25.5 Å². The fourth-order valence-corrected chi connectivity index (χ4v) is 4.04. The Balaban J connectivity index is 2.29. The minimum atomic E-state index is -5.07. The second-order valence-electron chi connectivity index (χ2n) is 6.02. The number of nitrogens with one attached hydrogen (secondary N) is 2. The van der Waals surface area contributed by atoms with Crippen molar-refractivity contribution in [1.82, 2.24) is 14.6 Å².